The van der Waals surface area contributed by atoms with Crippen molar-refractivity contribution in [3.63, 3.8) is 0 Å². The van der Waals surface area contributed by atoms with E-state index in [2.05, 4.69) is 0 Å². The minimum atomic E-state index is -1.46. The van der Waals surface area contributed by atoms with Gasteiger partial charge in [0.1, 0.15) is 0 Å². The normalized spacial score (nSPS) is 16.8. The summed E-state index contributed by atoms with van der Waals surface area (Å²) in [7, 11) is -1.46. The van der Waals surface area contributed by atoms with Gasteiger partial charge in [-0.25, -0.2) is 0 Å². The number of rotatable bonds is 3. The Labute approximate surface area is 102 Å². The molecule has 0 aliphatic heterocycles. The Hall–Kier alpha value is -1.13. The number of carbonyl (C=O) groups is 1. The van der Waals surface area contributed by atoms with E-state index in [0.717, 1.165) is 25.7 Å². The minimum Gasteiger partial charge on any atom is -0.423 e. The summed E-state index contributed by atoms with van der Waals surface area (Å²) in [5.41, 5.74) is 1.10. The molecule has 0 radical (unpaired) electrons. The van der Waals surface area contributed by atoms with Crippen molar-refractivity contribution in [3.8, 4) is 0 Å². The molecular formula is C13H17BO3. The first-order valence-corrected chi connectivity index (χ1v) is 6.19. The van der Waals surface area contributed by atoms with Crippen molar-refractivity contribution in [1.29, 1.82) is 0 Å². The van der Waals surface area contributed by atoms with Gasteiger partial charge in [0.15, 0.2) is 5.78 Å². The maximum absolute atomic E-state index is 12.2. The van der Waals surface area contributed by atoms with Crippen molar-refractivity contribution in [3.05, 3.63) is 29.8 Å². The lowest BCUT2D eigenvalue weighted by atomic mass is 9.78. The summed E-state index contributed by atoms with van der Waals surface area (Å²) in [5, 5.41) is 17.9. The Morgan fingerprint density at radius 2 is 1.65 bits per heavy atom. The van der Waals surface area contributed by atoms with E-state index in [9.17, 15) is 4.79 Å². The molecule has 17 heavy (non-hydrogen) atoms. The second-order valence-corrected chi connectivity index (χ2v) is 4.69. The largest absolute Gasteiger partial charge is 0.488 e. The van der Waals surface area contributed by atoms with E-state index in [1.54, 1.807) is 24.3 Å². The van der Waals surface area contributed by atoms with Crippen LogP contribution >= 0.6 is 0 Å². The van der Waals surface area contributed by atoms with Crippen molar-refractivity contribution in [1.82, 2.24) is 0 Å². The van der Waals surface area contributed by atoms with Crippen molar-refractivity contribution < 1.29 is 14.8 Å². The third kappa shape index (κ3) is 2.96. The molecule has 1 fully saturated rings. The van der Waals surface area contributed by atoms with Gasteiger partial charge in [-0.2, -0.15) is 0 Å². The predicted molar refractivity (Wildman–Crippen MR) is 67.2 cm³/mol. The van der Waals surface area contributed by atoms with Crippen molar-refractivity contribution in [2.75, 3.05) is 0 Å². The molecule has 4 heteroatoms. The Kier molecular flexibility index (Phi) is 3.97. The molecule has 0 spiro atoms. The van der Waals surface area contributed by atoms with E-state index in [1.165, 1.54) is 6.42 Å². The number of Topliss-reactive ketones (excluding diaryl/α,β-unsaturated/α-hetero) is 1. The molecule has 1 aromatic rings. The average molecular weight is 232 g/mol. The Morgan fingerprint density at radius 3 is 2.18 bits per heavy atom. The lowest BCUT2D eigenvalue weighted by Gasteiger charge is -2.20. The van der Waals surface area contributed by atoms with Gasteiger partial charge in [-0.05, 0) is 18.3 Å². The van der Waals surface area contributed by atoms with E-state index in [4.69, 9.17) is 10.0 Å². The fourth-order valence-corrected chi connectivity index (χ4v) is 2.42. The van der Waals surface area contributed by atoms with Crippen LogP contribution in [-0.2, 0) is 0 Å². The molecule has 0 atom stereocenters. The Bertz CT molecular complexity index is 380. The summed E-state index contributed by atoms with van der Waals surface area (Å²) in [6.07, 6.45) is 5.50. The first kappa shape index (κ1) is 12.3. The van der Waals surface area contributed by atoms with Crippen LogP contribution in [0.2, 0.25) is 0 Å². The van der Waals surface area contributed by atoms with Crippen molar-refractivity contribution in [2.24, 2.45) is 5.92 Å². The first-order valence-electron chi connectivity index (χ1n) is 6.19. The van der Waals surface area contributed by atoms with Gasteiger partial charge in [-0.15, -0.1) is 0 Å². The molecule has 1 saturated carbocycles. The third-order valence-electron chi connectivity index (χ3n) is 3.47. The standard InChI is InChI=1S/C13H17BO3/c15-13(10-4-2-1-3-5-10)11-6-8-12(9-7-11)14(16)17/h6-10,16-17H,1-5H2. The molecule has 2 N–H and O–H groups in total. The molecule has 90 valence electrons. The SMILES string of the molecule is O=C(c1ccc(B(O)O)cc1)C1CCCCC1. The molecule has 0 bridgehead atoms. The molecule has 0 saturated heterocycles. The smallest absolute Gasteiger partial charge is 0.423 e. The maximum Gasteiger partial charge on any atom is 0.488 e. The number of benzene rings is 1. The zero-order chi connectivity index (χ0) is 12.3. The van der Waals surface area contributed by atoms with Gasteiger partial charge < -0.3 is 10.0 Å². The second kappa shape index (κ2) is 5.47. The van der Waals surface area contributed by atoms with E-state index in [-0.39, 0.29) is 11.7 Å². The number of carbonyl (C=O) groups excluding carboxylic acids is 1. The number of hydrogen-bond acceptors (Lipinski definition) is 3. The quantitative estimate of drug-likeness (QED) is 0.606. The Morgan fingerprint density at radius 1 is 1.06 bits per heavy atom. The van der Waals surface area contributed by atoms with E-state index in [1.807, 2.05) is 0 Å². The van der Waals surface area contributed by atoms with Gasteiger partial charge in [-0.1, -0.05) is 43.5 Å². The summed E-state index contributed by atoms with van der Waals surface area (Å²) in [6.45, 7) is 0. The third-order valence-corrected chi connectivity index (χ3v) is 3.47. The molecule has 0 heterocycles. The fraction of sp³-hybridized carbons (Fsp3) is 0.462. The lowest BCUT2D eigenvalue weighted by molar-refractivity contribution is 0.0889. The summed E-state index contributed by atoms with van der Waals surface area (Å²) < 4.78 is 0. The van der Waals surface area contributed by atoms with Gasteiger partial charge in [0.2, 0.25) is 0 Å². The van der Waals surface area contributed by atoms with Crippen LogP contribution in [-0.4, -0.2) is 22.9 Å². The van der Waals surface area contributed by atoms with E-state index >= 15 is 0 Å². The molecule has 3 nitrogen and oxygen atoms in total. The van der Waals surface area contributed by atoms with Gasteiger partial charge in [0.25, 0.3) is 0 Å². The summed E-state index contributed by atoms with van der Waals surface area (Å²) in [5.74, 6) is 0.359. The van der Waals surface area contributed by atoms with Crippen LogP contribution in [0.3, 0.4) is 0 Å². The summed E-state index contributed by atoms with van der Waals surface area (Å²) >= 11 is 0. The van der Waals surface area contributed by atoms with Gasteiger partial charge in [0, 0.05) is 11.5 Å². The Balaban J connectivity index is 2.08. The molecular weight excluding hydrogens is 215 g/mol. The van der Waals surface area contributed by atoms with Crippen LogP contribution in [0.25, 0.3) is 0 Å². The van der Waals surface area contributed by atoms with Crippen LogP contribution < -0.4 is 5.46 Å². The number of hydrogen-bond donors (Lipinski definition) is 2. The average Bonchev–Trinajstić information content (AvgIpc) is 2.39. The minimum absolute atomic E-state index is 0.161. The highest BCUT2D eigenvalue weighted by Gasteiger charge is 2.22. The zero-order valence-corrected chi connectivity index (χ0v) is 9.80. The molecule has 0 amide bonds. The van der Waals surface area contributed by atoms with Crippen molar-refractivity contribution in [2.45, 2.75) is 32.1 Å². The predicted octanol–water partition coefficient (Wildman–Crippen LogP) is 1.13. The summed E-state index contributed by atoms with van der Waals surface area (Å²) in [4.78, 5) is 12.2. The van der Waals surface area contributed by atoms with E-state index < -0.39 is 7.12 Å². The van der Waals surface area contributed by atoms with Crippen LogP contribution in [0, 0.1) is 5.92 Å². The molecule has 0 aromatic heterocycles. The van der Waals surface area contributed by atoms with Crippen molar-refractivity contribution >= 4 is 18.4 Å². The molecule has 2 rings (SSSR count). The topological polar surface area (TPSA) is 57.5 Å². The van der Waals surface area contributed by atoms with Gasteiger partial charge >= 0.3 is 7.12 Å². The zero-order valence-electron chi connectivity index (χ0n) is 9.80. The van der Waals surface area contributed by atoms with Crippen LogP contribution in [0.1, 0.15) is 42.5 Å². The monoisotopic (exact) mass is 232 g/mol. The highest BCUT2D eigenvalue weighted by molar-refractivity contribution is 6.58. The lowest BCUT2D eigenvalue weighted by Crippen LogP contribution is -2.29. The van der Waals surface area contributed by atoms with Gasteiger partial charge in [-0.3, -0.25) is 4.79 Å². The number of ketones is 1. The molecule has 1 aliphatic rings. The van der Waals surface area contributed by atoms with Gasteiger partial charge in [0.05, 0.1) is 0 Å². The first-order chi connectivity index (χ1) is 8.18. The fourth-order valence-electron chi connectivity index (χ4n) is 2.42. The maximum atomic E-state index is 12.2. The van der Waals surface area contributed by atoms with Crippen LogP contribution in [0.4, 0.5) is 0 Å². The highest BCUT2D eigenvalue weighted by Crippen LogP contribution is 2.26. The van der Waals surface area contributed by atoms with Crippen LogP contribution in [0.15, 0.2) is 24.3 Å². The molecule has 0 unspecified atom stereocenters. The molecule has 1 aromatic carbocycles. The van der Waals surface area contributed by atoms with Crippen LogP contribution in [0.5, 0.6) is 0 Å². The molecule has 1 aliphatic carbocycles. The highest BCUT2D eigenvalue weighted by atomic mass is 16.4. The van der Waals surface area contributed by atoms with E-state index in [0.29, 0.717) is 11.0 Å². The summed E-state index contributed by atoms with van der Waals surface area (Å²) in [6, 6.07) is 6.57. The second-order valence-electron chi connectivity index (χ2n) is 4.69.